The lowest BCUT2D eigenvalue weighted by atomic mass is 10.0. The molecule has 10 heavy (non-hydrogen) atoms. The number of hydrogen-bond donors (Lipinski definition) is 0. The van der Waals surface area contributed by atoms with Crippen molar-refractivity contribution >= 4 is 0 Å². The van der Waals surface area contributed by atoms with E-state index in [1.165, 1.54) is 37.7 Å². The van der Waals surface area contributed by atoms with E-state index in [2.05, 4.69) is 25.2 Å². The highest BCUT2D eigenvalue weighted by Gasteiger charge is 1.96. The predicted molar refractivity (Wildman–Crippen MR) is 46.0 cm³/mol. The predicted octanol–water partition coefficient (Wildman–Crippen LogP) is 3.45. The Balaban J connectivity index is 1.86. The molecule has 0 saturated heterocycles. The van der Waals surface area contributed by atoms with Crippen molar-refractivity contribution in [2.24, 2.45) is 0 Å². The molecular weight excluding hydrogens is 120 g/mol. The molecule has 1 aliphatic rings. The van der Waals surface area contributed by atoms with Gasteiger partial charge >= 0.3 is 0 Å². The third-order valence-electron chi connectivity index (χ3n) is 1.94. The van der Waals surface area contributed by atoms with Crippen LogP contribution < -0.4 is 0 Å². The van der Waals surface area contributed by atoms with Gasteiger partial charge in [-0.2, -0.15) is 0 Å². The molecule has 0 fully saturated rings. The van der Waals surface area contributed by atoms with Gasteiger partial charge in [-0.3, -0.25) is 0 Å². The molecule has 0 unspecified atom stereocenters. The van der Waals surface area contributed by atoms with E-state index in [-0.39, 0.29) is 0 Å². The zero-order valence-corrected chi connectivity index (χ0v) is 6.77. The van der Waals surface area contributed by atoms with Crippen LogP contribution in [0.4, 0.5) is 0 Å². The van der Waals surface area contributed by atoms with Crippen LogP contribution in [-0.4, -0.2) is 0 Å². The highest BCUT2D eigenvalue weighted by Crippen LogP contribution is 2.16. The van der Waals surface area contributed by atoms with Crippen LogP contribution in [0.1, 0.15) is 39.0 Å². The molecule has 0 aliphatic heterocycles. The molecule has 0 N–H and O–H groups in total. The summed E-state index contributed by atoms with van der Waals surface area (Å²) in [5.74, 6) is 0. The van der Waals surface area contributed by atoms with Gasteiger partial charge in [0, 0.05) is 0 Å². The Morgan fingerprint density at radius 1 is 1.20 bits per heavy atom. The molecule has 0 spiro atoms. The van der Waals surface area contributed by atoms with Gasteiger partial charge in [0.25, 0.3) is 0 Å². The minimum atomic E-state index is 1.30. The summed E-state index contributed by atoms with van der Waals surface area (Å²) in [5.41, 5.74) is 1.54. The highest BCUT2D eigenvalue weighted by atomic mass is 14.0. The molecule has 0 heterocycles. The standard InChI is InChI=1S/C10H16/c1-2-3-4-5-7-10-8-6-9-10/h6,8-9H,2-5,7H2,1H3. The lowest BCUT2D eigenvalue weighted by Crippen LogP contribution is -1.85. The van der Waals surface area contributed by atoms with Crippen molar-refractivity contribution in [1.82, 2.24) is 0 Å². The largest absolute Gasteiger partial charge is 0.0654 e. The fourth-order valence-electron chi connectivity index (χ4n) is 1.15. The minimum Gasteiger partial charge on any atom is -0.0654 e. The van der Waals surface area contributed by atoms with Crippen molar-refractivity contribution in [2.45, 2.75) is 39.0 Å². The molecule has 0 aromatic rings. The van der Waals surface area contributed by atoms with Crippen LogP contribution in [0, 0.1) is 0 Å². The van der Waals surface area contributed by atoms with E-state index in [1.54, 1.807) is 0 Å². The van der Waals surface area contributed by atoms with E-state index in [0.29, 0.717) is 0 Å². The fraction of sp³-hybridized carbons (Fsp3) is 0.600. The maximum absolute atomic E-state index is 2.25. The molecule has 0 aromatic heterocycles. The van der Waals surface area contributed by atoms with E-state index < -0.39 is 0 Å². The summed E-state index contributed by atoms with van der Waals surface area (Å²) >= 11 is 0. The van der Waals surface area contributed by atoms with Crippen molar-refractivity contribution in [3.63, 3.8) is 0 Å². The van der Waals surface area contributed by atoms with E-state index in [9.17, 15) is 0 Å². The first kappa shape index (κ1) is 7.59. The minimum absolute atomic E-state index is 1.30. The van der Waals surface area contributed by atoms with Gasteiger partial charge in [0.05, 0.1) is 0 Å². The Bertz CT molecular complexity index is 140. The SMILES string of the molecule is CCCCCCC1=CC=C1. The topological polar surface area (TPSA) is 0 Å². The summed E-state index contributed by atoms with van der Waals surface area (Å²) in [5, 5.41) is 0. The molecule has 0 atom stereocenters. The number of allylic oxidation sites excluding steroid dienone is 4. The molecule has 1 rings (SSSR count). The number of unbranched alkanes of at least 4 members (excludes halogenated alkanes) is 3. The van der Waals surface area contributed by atoms with Crippen molar-refractivity contribution in [2.75, 3.05) is 0 Å². The van der Waals surface area contributed by atoms with Gasteiger partial charge in [-0.15, -0.1) is 0 Å². The van der Waals surface area contributed by atoms with E-state index in [1.807, 2.05) is 0 Å². The molecule has 0 bridgehead atoms. The van der Waals surface area contributed by atoms with Gasteiger partial charge in [0.1, 0.15) is 0 Å². The summed E-state index contributed by atoms with van der Waals surface area (Å²) in [6.45, 7) is 2.25. The molecule has 56 valence electrons. The Morgan fingerprint density at radius 2 is 2.00 bits per heavy atom. The van der Waals surface area contributed by atoms with Gasteiger partial charge in [0.2, 0.25) is 0 Å². The maximum Gasteiger partial charge on any atom is -0.0279 e. The normalized spacial score (nSPS) is 14.7. The lowest BCUT2D eigenvalue weighted by molar-refractivity contribution is 0.667. The summed E-state index contributed by atoms with van der Waals surface area (Å²) in [6, 6.07) is 0. The Morgan fingerprint density at radius 3 is 2.50 bits per heavy atom. The Kier molecular flexibility index (Phi) is 3.28. The summed E-state index contributed by atoms with van der Waals surface area (Å²) in [4.78, 5) is 0. The molecule has 0 aromatic carbocycles. The number of rotatable bonds is 5. The monoisotopic (exact) mass is 136 g/mol. The van der Waals surface area contributed by atoms with Crippen LogP contribution in [-0.2, 0) is 0 Å². The molecule has 0 radical (unpaired) electrons. The zero-order valence-electron chi connectivity index (χ0n) is 6.77. The highest BCUT2D eigenvalue weighted by molar-refractivity contribution is 5.34. The average Bonchev–Trinajstić information content (AvgIpc) is 1.84. The lowest BCUT2D eigenvalue weighted by Gasteiger charge is -2.05. The first-order valence-electron chi connectivity index (χ1n) is 4.30. The van der Waals surface area contributed by atoms with Crippen molar-refractivity contribution < 1.29 is 0 Å². The van der Waals surface area contributed by atoms with E-state index >= 15 is 0 Å². The first-order chi connectivity index (χ1) is 4.93. The molecule has 0 saturated carbocycles. The van der Waals surface area contributed by atoms with Crippen LogP contribution in [0.2, 0.25) is 0 Å². The molecular formula is C10H16. The molecule has 0 heteroatoms. The van der Waals surface area contributed by atoms with Crippen molar-refractivity contribution in [3.05, 3.63) is 23.8 Å². The molecule has 0 nitrogen and oxygen atoms in total. The van der Waals surface area contributed by atoms with Crippen LogP contribution in [0.3, 0.4) is 0 Å². The summed E-state index contributed by atoms with van der Waals surface area (Å²) < 4.78 is 0. The number of hydrogen-bond acceptors (Lipinski definition) is 0. The molecule has 0 amide bonds. The van der Waals surface area contributed by atoms with Crippen molar-refractivity contribution in [1.29, 1.82) is 0 Å². The summed E-state index contributed by atoms with van der Waals surface area (Å²) in [6.07, 6.45) is 13.4. The zero-order chi connectivity index (χ0) is 7.23. The smallest absolute Gasteiger partial charge is 0.0279 e. The van der Waals surface area contributed by atoms with Gasteiger partial charge in [-0.25, -0.2) is 0 Å². The fourth-order valence-corrected chi connectivity index (χ4v) is 1.15. The van der Waals surface area contributed by atoms with E-state index in [4.69, 9.17) is 0 Å². The second-order valence-corrected chi connectivity index (χ2v) is 2.91. The quantitative estimate of drug-likeness (QED) is 0.508. The Labute approximate surface area is 63.6 Å². The van der Waals surface area contributed by atoms with Gasteiger partial charge in [0.15, 0.2) is 0 Å². The average molecular weight is 136 g/mol. The van der Waals surface area contributed by atoms with Crippen LogP contribution in [0.15, 0.2) is 23.8 Å². The van der Waals surface area contributed by atoms with E-state index in [0.717, 1.165) is 0 Å². The summed E-state index contributed by atoms with van der Waals surface area (Å²) in [7, 11) is 0. The van der Waals surface area contributed by atoms with Crippen LogP contribution >= 0.6 is 0 Å². The second kappa shape index (κ2) is 4.32. The third-order valence-corrected chi connectivity index (χ3v) is 1.94. The Hall–Kier alpha value is -0.520. The third kappa shape index (κ3) is 2.38. The van der Waals surface area contributed by atoms with Gasteiger partial charge < -0.3 is 0 Å². The first-order valence-corrected chi connectivity index (χ1v) is 4.30. The van der Waals surface area contributed by atoms with Gasteiger partial charge in [-0.05, 0) is 18.4 Å². The second-order valence-electron chi connectivity index (χ2n) is 2.91. The van der Waals surface area contributed by atoms with Crippen LogP contribution in [0.25, 0.3) is 0 Å². The van der Waals surface area contributed by atoms with Crippen molar-refractivity contribution in [3.8, 4) is 0 Å². The maximum atomic E-state index is 2.25. The van der Waals surface area contributed by atoms with Gasteiger partial charge in [-0.1, -0.05) is 44.4 Å². The van der Waals surface area contributed by atoms with Crippen LogP contribution in [0.5, 0.6) is 0 Å². The molecule has 1 aliphatic carbocycles.